The number of nitrogens with one attached hydrogen (secondary N) is 2. The van der Waals surface area contributed by atoms with E-state index in [9.17, 15) is 4.79 Å². The summed E-state index contributed by atoms with van der Waals surface area (Å²) < 4.78 is 6.63. The van der Waals surface area contributed by atoms with Crippen LogP contribution in [0.5, 0.6) is 5.88 Å². The Labute approximate surface area is 127 Å². The van der Waals surface area contributed by atoms with Gasteiger partial charge in [0.1, 0.15) is 5.60 Å². The van der Waals surface area contributed by atoms with Gasteiger partial charge in [-0.2, -0.15) is 0 Å². The molecule has 108 valence electrons. The van der Waals surface area contributed by atoms with Crippen LogP contribution in [0.1, 0.15) is 36.0 Å². The van der Waals surface area contributed by atoms with Gasteiger partial charge in [-0.1, -0.05) is 24.3 Å². The van der Waals surface area contributed by atoms with Crippen molar-refractivity contribution in [3.63, 3.8) is 0 Å². The number of H-pyrrole nitrogens is 2. The van der Waals surface area contributed by atoms with Gasteiger partial charge in [0.25, 0.3) is 5.56 Å². The van der Waals surface area contributed by atoms with Crippen molar-refractivity contribution in [1.82, 2.24) is 9.97 Å². The standard InChI is InChI=1S/C16H16N2O2S/c19-13-11-7-9-16(20-14(11)18-15(21)17-13)8-3-5-10-4-1-2-6-12(10)16/h1-2,4,6H,3,5,7-9H2,(H2,17,18,19,21). The van der Waals surface area contributed by atoms with Crippen molar-refractivity contribution in [3.8, 4) is 5.88 Å². The maximum atomic E-state index is 12.0. The molecule has 1 aromatic carbocycles. The minimum atomic E-state index is -0.312. The van der Waals surface area contributed by atoms with Crippen LogP contribution in [-0.2, 0) is 18.4 Å². The monoisotopic (exact) mass is 300 g/mol. The highest BCUT2D eigenvalue weighted by molar-refractivity contribution is 7.71. The number of hydrogen-bond donors (Lipinski definition) is 2. The summed E-state index contributed by atoms with van der Waals surface area (Å²) in [7, 11) is 0. The van der Waals surface area contributed by atoms with Gasteiger partial charge in [0.05, 0.1) is 5.56 Å². The Bertz CT molecular complexity index is 824. The summed E-state index contributed by atoms with van der Waals surface area (Å²) in [5.41, 5.74) is 2.86. The van der Waals surface area contributed by atoms with Gasteiger partial charge in [0, 0.05) is 0 Å². The second-order valence-corrected chi connectivity index (χ2v) is 6.23. The van der Waals surface area contributed by atoms with Crippen LogP contribution < -0.4 is 10.3 Å². The number of rotatable bonds is 0. The number of hydrogen-bond acceptors (Lipinski definition) is 3. The molecule has 2 aromatic rings. The van der Waals surface area contributed by atoms with Crippen molar-refractivity contribution in [1.29, 1.82) is 0 Å². The maximum absolute atomic E-state index is 12.0. The van der Waals surface area contributed by atoms with Crippen molar-refractivity contribution in [2.45, 2.75) is 37.7 Å². The molecule has 4 nitrogen and oxygen atoms in total. The molecule has 1 aliphatic heterocycles. The average molecular weight is 300 g/mol. The quantitative estimate of drug-likeness (QED) is 0.735. The smallest absolute Gasteiger partial charge is 0.258 e. The maximum Gasteiger partial charge on any atom is 0.258 e. The molecule has 1 unspecified atom stereocenters. The average Bonchev–Trinajstić information content (AvgIpc) is 2.47. The molecule has 1 spiro atoms. The number of aromatic amines is 2. The molecule has 0 fully saturated rings. The predicted octanol–water partition coefficient (Wildman–Crippen LogP) is 2.99. The van der Waals surface area contributed by atoms with Crippen LogP contribution in [0.4, 0.5) is 0 Å². The van der Waals surface area contributed by atoms with E-state index in [1.54, 1.807) is 0 Å². The summed E-state index contributed by atoms with van der Waals surface area (Å²) >= 11 is 5.06. The van der Waals surface area contributed by atoms with Crippen LogP contribution in [0.15, 0.2) is 29.1 Å². The Morgan fingerprint density at radius 3 is 2.90 bits per heavy atom. The fraction of sp³-hybridized carbons (Fsp3) is 0.375. The highest BCUT2D eigenvalue weighted by Gasteiger charge is 2.42. The first-order chi connectivity index (χ1) is 10.2. The van der Waals surface area contributed by atoms with Crippen molar-refractivity contribution in [3.05, 3.63) is 56.1 Å². The molecule has 4 rings (SSSR count). The Hall–Kier alpha value is -1.88. The molecule has 1 atom stereocenters. The molecule has 5 heteroatoms. The first-order valence-electron chi connectivity index (χ1n) is 7.31. The van der Waals surface area contributed by atoms with Gasteiger partial charge in [-0.25, -0.2) is 0 Å². The topological polar surface area (TPSA) is 57.9 Å². The zero-order valence-corrected chi connectivity index (χ0v) is 12.4. The summed E-state index contributed by atoms with van der Waals surface area (Å²) in [5.74, 6) is 0.548. The van der Waals surface area contributed by atoms with Crippen molar-refractivity contribution < 1.29 is 4.74 Å². The molecule has 21 heavy (non-hydrogen) atoms. The van der Waals surface area contributed by atoms with Crippen molar-refractivity contribution >= 4 is 12.2 Å². The molecular weight excluding hydrogens is 284 g/mol. The lowest BCUT2D eigenvalue weighted by atomic mass is 9.75. The fourth-order valence-corrected chi connectivity index (χ4v) is 3.81. The third-order valence-corrected chi connectivity index (χ3v) is 4.82. The van der Waals surface area contributed by atoms with Crippen LogP contribution in [-0.4, -0.2) is 9.97 Å². The number of fused-ring (bicyclic) bond motifs is 3. The lowest BCUT2D eigenvalue weighted by Crippen LogP contribution is -2.41. The van der Waals surface area contributed by atoms with E-state index in [4.69, 9.17) is 17.0 Å². The number of aryl methyl sites for hydroxylation is 1. The predicted molar refractivity (Wildman–Crippen MR) is 82.3 cm³/mol. The highest BCUT2D eigenvalue weighted by atomic mass is 32.1. The van der Waals surface area contributed by atoms with E-state index in [1.807, 2.05) is 0 Å². The van der Waals surface area contributed by atoms with Crippen LogP contribution in [0.25, 0.3) is 0 Å². The Balaban J connectivity index is 1.86. The van der Waals surface area contributed by atoms with E-state index in [0.29, 0.717) is 22.6 Å². The highest BCUT2D eigenvalue weighted by Crippen LogP contribution is 2.44. The largest absolute Gasteiger partial charge is 0.467 e. The zero-order valence-electron chi connectivity index (χ0n) is 11.6. The van der Waals surface area contributed by atoms with E-state index in [0.717, 1.165) is 25.7 Å². The van der Waals surface area contributed by atoms with Gasteiger partial charge in [0.2, 0.25) is 5.88 Å². The van der Waals surface area contributed by atoms with Gasteiger partial charge in [0.15, 0.2) is 4.77 Å². The molecule has 0 saturated carbocycles. The minimum absolute atomic E-state index is 0.132. The van der Waals surface area contributed by atoms with Crippen molar-refractivity contribution in [2.24, 2.45) is 0 Å². The number of benzene rings is 1. The third-order valence-electron chi connectivity index (χ3n) is 4.61. The lowest BCUT2D eigenvalue weighted by Gasteiger charge is -2.42. The van der Waals surface area contributed by atoms with Gasteiger partial charge < -0.3 is 9.72 Å². The zero-order chi connectivity index (χ0) is 14.4. The first kappa shape index (κ1) is 12.8. The van der Waals surface area contributed by atoms with Crippen LogP contribution in [0.3, 0.4) is 0 Å². The molecule has 2 aliphatic rings. The molecule has 1 aromatic heterocycles. The second-order valence-electron chi connectivity index (χ2n) is 5.82. The lowest BCUT2D eigenvalue weighted by molar-refractivity contribution is 0.0194. The fourth-order valence-electron chi connectivity index (χ4n) is 3.63. The van der Waals surface area contributed by atoms with Crippen molar-refractivity contribution in [2.75, 3.05) is 0 Å². The summed E-state index contributed by atoms with van der Waals surface area (Å²) in [6.07, 6.45) is 4.74. The molecule has 0 radical (unpaired) electrons. The van der Waals surface area contributed by atoms with Crippen LogP contribution >= 0.6 is 12.2 Å². The van der Waals surface area contributed by atoms with Crippen LogP contribution in [0, 0.1) is 4.77 Å². The summed E-state index contributed by atoms with van der Waals surface area (Å²) in [5, 5.41) is 0. The number of aromatic nitrogens is 2. The Morgan fingerprint density at radius 2 is 2.00 bits per heavy atom. The Morgan fingerprint density at radius 1 is 1.14 bits per heavy atom. The summed E-state index contributed by atoms with van der Waals surface area (Å²) in [4.78, 5) is 17.6. The molecular formula is C16H16N2O2S. The van der Waals surface area contributed by atoms with Gasteiger partial charge >= 0.3 is 0 Å². The third kappa shape index (κ3) is 1.95. The van der Waals surface area contributed by atoms with Gasteiger partial charge in [-0.15, -0.1) is 0 Å². The van der Waals surface area contributed by atoms with E-state index in [2.05, 4.69) is 34.2 Å². The molecule has 1 aliphatic carbocycles. The normalized spacial score (nSPS) is 23.2. The molecule has 0 bridgehead atoms. The molecule has 0 amide bonds. The van der Waals surface area contributed by atoms with E-state index in [1.165, 1.54) is 11.1 Å². The molecule has 0 saturated heterocycles. The second kappa shape index (κ2) is 4.56. The van der Waals surface area contributed by atoms with Gasteiger partial charge in [-0.05, 0) is 55.4 Å². The summed E-state index contributed by atoms with van der Waals surface area (Å²) in [6.45, 7) is 0. The van der Waals surface area contributed by atoms with Crippen LogP contribution in [0.2, 0.25) is 0 Å². The Kier molecular flexibility index (Phi) is 2.79. The van der Waals surface area contributed by atoms with E-state index in [-0.39, 0.29) is 11.2 Å². The van der Waals surface area contributed by atoms with Gasteiger partial charge in [-0.3, -0.25) is 9.78 Å². The number of ether oxygens (including phenoxy) is 1. The first-order valence-corrected chi connectivity index (χ1v) is 7.72. The molecule has 2 heterocycles. The summed E-state index contributed by atoms with van der Waals surface area (Å²) in [6, 6.07) is 8.47. The molecule has 2 N–H and O–H groups in total. The van der Waals surface area contributed by atoms with E-state index < -0.39 is 0 Å². The minimum Gasteiger partial charge on any atom is -0.467 e. The van der Waals surface area contributed by atoms with E-state index >= 15 is 0 Å². The SMILES string of the molecule is O=c1[nH]c(=S)[nH]c2c1CCC1(CCCc3ccccc31)O2.